The molecular weight excluding hydrogens is 376 g/mol. The third-order valence-corrected chi connectivity index (χ3v) is 6.52. The number of hydrogen-bond donors (Lipinski definition) is 0. The highest BCUT2D eigenvalue weighted by atomic mass is 32.1. The fourth-order valence-electron chi connectivity index (χ4n) is 3.46. The topological polar surface area (TPSA) is 50.5 Å². The lowest BCUT2D eigenvalue weighted by molar-refractivity contribution is 0.573. The zero-order valence-electron chi connectivity index (χ0n) is 14.7. The Morgan fingerprint density at radius 3 is 2.63 bits per heavy atom. The molecule has 27 heavy (non-hydrogen) atoms. The van der Waals surface area contributed by atoms with Crippen LogP contribution in [0.4, 0.5) is 5.82 Å². The second-order valence-electron chi connectivity index (χ2n) is 6.69. The SMILES string of the molecule is O=c1cc(N2CCCCC2)nc2sc(-c3cccc(-c4ccsc4)c3)nn12. The first kappa shape index (κ1) is 16.6. The van der Waals surface area contributed by atoms with Crippen molar-refractivity contribution >= 4 is 33.5 Å². The molecule has 0 bridgehead atoms. The van der Waals surface area contributed by atoms with Gasteiger partial charge < -0.3 is 4.90 Å². The summed E-state index contributed by atoms with van der Waals surface area (Å²) in [6.07, 6.45) is 3.57. The van der Waals surface area contributed by atoms with Gasteiger partial charge in [0.1, 0.15) is 10.8 Å². The monoisotopic (exact) mass is 394 g/mol. The van der Waals surface area contributed by atoms with E-state index in [4.69, 9.17) is 4.98 Å². The van der Waals surface area contributed by atoms with Crippen molar-refractivity contribution in [3.8, 4) is 21.7 Å². The van der Waals surface area contributed by atoms with E-state index in [1.807, 2.05) is 12.1 Å². The first-order chi connectivity index (χ1) is 13.3. The average Bonchev–Trinajstić information content (AvgIpc) is 3.39. The summed E-state index contributed by atoms with van der Waals surface area (Å²) < 4.78 is 1.42. The van der Waals surface area contributed by atoms with Gasteiger partial charge in [0.25, 0.3) is 5.56 Å². The molecular formula is C20H18N4OS2. The largest absolute Gasteiger partial charge is 0.356 e. The molecule has 1 fully saturated rings. The molecule has 1 aromatic carbocycles. The van der Waals surface area contributed by atoms with Crippen molar-refractivity contribution in [1.29, 1.82) is 0 Å². The van der Waals surface area contributed by atoms with Gasteiger partial charge in [-0.2, -0.15) is 21.0 Å². The lowest BCUT2D eigenvalue weighted by Gasteiger charge is -2.27. The van der Waals surface area contributed by atoms with Crippen molar-refractivity contribution in [1.82, 2.24) is 14.6 Å². The van der Waals surface area contributed by atoms with Crippen molar-refractivity contribution in [2.45, 2.75) is 19.3 Å². The van der Waals surface area contributed by atoms with Gasteiger partial charge in [-0.1, -0.05) is 29.5 Å². The Morgan fingerprint density at radius 1 is 0.963 bits per heavy atom. The van der Waals surface area contributed by atoms with E-state index < -0.39 is 0 Å². The zero-order chi connectivity index (χ0) is 18.2. The van der Waals surface area contributed by atoms with Crippen LogP contribution in [-0.4, -0.2) is 27.7 Å². The maximum Gasteiger partial charge on any atom is 0.277 e. The number of rotatable bonds is 3. The van der Waals surface area contributed by atoms with Gasteiger partial charge in [0.15, 0.2) is 0 Å². The Hall–Kier alpha value is -2.51. The van der Waals surface area contributed by atoms with E-state index in [-0.39, 0.29) is 5.56 Å². The molecule has 0 spiro atoms. The molecule has 0 saturated carbocycles. The molecule has 1 aliphatic heterocycles. The van der Waals surface area contributed by atoms with Gasteiger partial charge in [-0.25, -0.2) is 4.98 Å². The highest BCUT2D eigenvalue weighted by Crippen LogP contribution is 2.30. The molecule has 0 radical (unpaired) electrons. The quantitative estimate of drug-likeness (QED) is 0.512. The second-order valence-corrected chi connectivity index (χ2v) is 8.43. The Labute approximate surface area is 164 Å². The van der Waals surface area contributed by atoms with E-state index in [0.717, 1.165) is 47.9 Å². The molecule has 5 rings (SSSR count). The van der Waals surface area contributed by atoms with E-state index in [9.17, 15) is 4.79 Å². The molecule has 0 aliphatic carbocycles. The third kappa shape index (κ3) is 3.17. The minimum absolute atomic E-state index is 0.114. The summed E-state index contributed by atoms with van der Waals surface area (Å²) in [5.41, 5.74) is 3.25. The molecule has 0 N–H and O–H groups in total. The molecule has 0 amide bonds. The average molecular weight is 395 g/mol. The molecule has 4 heterocycles. The summed E-state index contributed by atoms with van der Waals surface area (Å²) in [5.74, 6) is 0.780. The molecule has 1 saturated heterocycles. The smallest absolute Gasteiger partial charge is 0.277 e. The summed E-state index contributed by atoms with van der Waals surface area (Å²) in [6, 6.07) is 12.0. The number of aromatic nitrogens is 3. The first-order valence-electron chi connectivity index (χ1n) is 9.07. The second kappa shape index (κ2) is 6.90. The van der Waals surface area contributed by atoms with E-state index in [2.05, 4.69) is 39.0 Å². The summed E-state index contributed by atoms with van der Waals surface area (Å²) in [5, 5.41) is 9.56. The molecule has 136 valence electrons. The third-order valence-electron chi connectivity index (χ3n) is 4.88. The van der Waals surface area contributed by atoms with Crippen LogP contribution in [0.15, 0.2) is 52.0 Å². The number of benzene rings is 1. The fourth-order valence-corrected chi connectivity index (χ4v) is 5.02. The van der Waals surface area contributed by atoms with Crippen LogP contribution in [0, 0.1) is 0 Å². The molecule has 0 unspecified atom stereocenters. The zero-order valence-corrected chi connectivity index (χ0v) is 16.3. The van der Waals surface area contributed by atoms with Gasteiger partial charge >= 0.3 is 0 Å². The van der Waals surface area contributed by atoms with Crippen LogP contribution in [0.5, 0.6) is 0 Å². The van der Waals surface area contributed by atoms with Crippen LogP contribution in [0.3, 0.4) is 0 Å². The van der Waals surface area contributed by atoms with E-state index in [0.29, 0.717) is 4.96 Å². The van der Waals surface area contributed by atoms with Crippen molar-refractivity contribution in [3.63, 3.8) is 0 Å². The van der Waals surface area contributed by atoms with Crippen molar-refractivity contribution in [3.05, 3.63) is 57.5 Å². The van der Waals surface area contributed by atoms with Crippen LogP contribution in [0.25, 0.3) is 26.7 Å². The van der Waals surface area contributed by atoms with E-state index in [1.54, 1.807) is 17.4 Å². The Kier molecular flexibility index (Phi) is 4.26. The minimum atomic E-state index is -0.114. The lowest BCUT2D eigenvalue weighted by Crippen LogP contribution is -2.31. The van der Waals surface area contributed by atoms with Gasteiger partial charge in [-0.05, 0) is 53.3 Å². The van der Waals surface area contributed by atoms with Crippen molar-refractivity contribution < 1.29 is 0 Å². The highest BCUT2D eigenvalue weighted by molar-refractivity contribution is 7.19. The van der Waals surface area contributed by atoms with Gasteiger partial charge in [-0.3, -0.25) is 4.79 Å². The molecule has 1 aliphatic rings. The molecule has 0 atom stereocenters. The summed E-state index contributed by atoms with van der Waals surface area (Å²) in [4.78, 5) is 20.2. The number of anilines is 1. The number of piperidine rings is 1. The standard InChI is InChI=1S/C20H18N4OS2/c25-18-12-17(23-8-2-1-3-9-23)21-20-24(18)22-19(27-20)15-6-4-5-14(11-15)16-7-10-26-13-16/h4-7,10-13H,1-3,8-9H2. The van der Waals surface area contributed by atoms with Gasteiger partial charge in [0.2, 0.25) is 4.96 Å². The minimum Gasteiger partial charge on any atom is -0.356 e. The number of fused-ring (bicyclic) bond motifs is 1. The Morgan fingerprint density at radius 2 is 1.81 bits per heavy atom. The Balaban J connectivity index is 1.56. The van der Waals surface area contributed by atoms with Gasteiger partial charge in [0.05, 0.1) is 0 Å². The van der Waals surface area contributed by atoms with Crippen molar-refractivity contribution in [2.24, 2.45) is 0 Å². The van der Waals surface area contributed by atoms with Crippen LogP contribution in [-0.2, 0) is 0 Å². The summed E-state index contributed by atoms with van der Waals surface area (Å²) in [6.45, 7) is 1.94. The predicted molar refractivity (Wildman–Crippen MR) is 112 cm³/mol. The van der Waals surface area contributed by atoms with Gasteiger partial charge in [-0.15, -0.1) is 0 Å². The van der Waals surface area contributed by atoms with Crippen molar-refractivity contribution in [2.75, 3.05) is 18.0 Å². The summed E-state index contributed by atoms with van der Waals surface area (Å²) >= 11 is 3.15. The molecule has 4 aromatic rings. The predicted octanol–water partition coefficient (Wildman–Crippen LogP) is 4.54. The number of hydrogen-bond acceptors (Lipinski definition) is 6. The first-order valence-corrected chi connectivity index (χ1v) is 10.8. The number of thiophene rings is 1. The van der Waals surface area contributed by atoms with Crippen LogP contribution >= 0.6 is 22.7 Å². The van der Waals surface area contributed by atoms with Crippen LogP contribution in [0.1, 0.15) is 19.3 Å². The Bertz CT molecular complexity index is 1140. The van der Waals surface area contributed by atoms with Crippen LogP contribution < -0.4 is 10.5 Å². The van der Waals surface area contributed by atoms with Crippen LogP contribution in [0.2, 0.25) is 0 Å². The summed E-state index contributed by atoms with van der Waals surface area (Å²) in [7, 11) is 0. The lowest BCUT2D eigenvalue weighted by atomic mass is 10.1. The fraction of sp³-hybridized carbons (Fsp3) is 0.250. The molecule has 5 nitrogen and oxygen atoms in total. The van der Waals surface area contributed by atoms with E-state index in [1.165, 1.54) is 27.8 Å². The normalized spacial score (nSPS) is 14.7. The molecule has 7 heteroatoms. The molecule has 3 aromatic heterocycles. The maximum absolute atomic E-state index is 12.6. The van der Waals surface area contributed by atoms with E-state index >= 15 is 0 Å². The maximum atomic E-state index is 12.6. The van der Waals surface area contributed by atoms with Gasteiger partial charge in [0, 0.05) is 24.7 Å². The highest BCUT2D eigenvalue weighted by Gasteiger charge is 2.16. The number of nitrogens with zero attached hydrogens (tertiary/aromatic N) is 4.